The number of amides is 1. The SMILES string of the molecule is O=C1COc2cnc(CNC3CCN(CCn4c(=O)ccc5ccc(F)cc54)CC3)nc2N1. The van der Waals surface area contributed by atoms with Crippen molar-refractivity contribution in [3.8, 4) is 5.75 Å². The molecular weight excluding hydrogens is 427 g/mol. The largest absolute Gasteiger partial charge is 0.478 e. The number of likely N-dealkylation sites (tertiary alicyclic amines) is 1. The molecule has 33 heavy (non-hydrogen) atoms. The van der Waals surface area contributed by atoms with Crippen molar-refractivity contribution in [2.45, 2.75) is 32.0 Å². The summed E-state index contributed by atoms with van der Waals surface area (Å²) in [7, 11) is 0. The second kappa shape index (κ2) is 9.24. The first kappa shape index (κ1) is 21.5. The van der Waals surface area contributed by atoms with E-state index in [0.717, 1.165) is 37.9 Å². The molecule has 5 rings (SSSR count). The van der Waals surface area contributed by atoms with E-state index in [4.69, 9.17) is 4.74 Å². The number of anilines is 1. The van der Waals surface area contributed by atoms with E-state index >= 15 is 0 Å². The quantitative estimate of drug-likeness (QED) is 0.585. The number of carbonyl (C=O) groups excluding carboxylic acids is 1. The van der Waals surface area contributed by atoms with Crippen LogP contribution in [0.1, 0.15) is 18.7 Å². The number of piperidine rings is 1. The summed E-state index contributed by atoms with van der Waals surface area (Å²) in [4.78, 5) is 34.8. The Labute approximate surface area is 189 Å². The minimum Gasteiger partial charge on any atom is -0.478 e. The molecule has 0 spiro atoms. The third-order valence-corrected chi connectivity index (χ3v) is 6.15. The molecule has 4 heterocycles. The second-order valence-electron chi connectivity index (χ2n) is 8.36. The Morgan fingerprint density at radius 1 is 1.15 bits per heavy atom. The molecule has 10 heteroatoms. The van der Waals surface area contributed by atoms with Gasteiger partial charge in [-0.05, 0) is 55.6 Å². The second-order valence-corrected chi connectivity index (χ2v) is 8.36. The summed E-state index contributed by atoms with van der Waals surface area (Å²) in [5.74, 6) is 0.940. The van der Waals surface area contributed by atoms with Gasteiger partial charge in [0.25, 0.3) is 11.5 Å². The zero-order valence-electron chi connectivity index (χ0n) is 18.1. The van der Waals surface area contributed by atoms with Crippen LogP contribution in [0, 0.1) is 5.82 Å². The highest BCUT2D eigenvalue weighted by molar-refractivity contribution is 5.94. The van der Waals surface area contributed by atoms with Crippen LogP contribution >= 0.6 is 0 Å². The maximum atomic E-state index is 13.7. The van der Waals surface area contributed by atoms with E-state index in [2.05, 4.69) is 25.5 Å². The van der Waals surface area contributed by atoms with Gasteiger partial charge >= 0.3 is 0 Å². The zero-order valence-corrected chi connectivity index (χ0v) is 18.1. The monoisotopic (exact) mass is 452 g/mol. The molecule has 2 aromatic heterocycles. The number of nitrogens with zero attached hydrogens (tertiary/aromatic N) is 4. The summed E-state index contributed by atoms with van der Waals surface area (Å²) >= 11 is 0. The lowest BCUT2D eigenvalue weighted by Gasteiger charge is -2.32. The van der Waals surface area contributed by atoms with Crippen molar-refractivity contribution in [1.29, 1.82) is 0 Å². The molecule has 0 radical (unpaired) electrons. The fraction of sp³-hybridized carbons (Fsp3) is 0.391. The smallest absolute Gasteiger partial charge is 0.263 e. The summed E-state index contributed by atoms with van der Waals surface area (Å²) < 4.78 is 20.7. The average molecular weight is 452 g/mol. The fourth-order valence-electron chi connectivity index (χ4n) is 4.33. The number of hydrogen-bond acceptors (Lipinski definition) is 7. The molecular formula is C23H25FN6O3. The minimum absolute atomic E-state index is 0.0153. The Hall–Kier alpha value is -3.37. The topological polar surface area (TPSA) is 101 Å². The highest BCUT2D eigenvalue weighted by Crippen LogP contribution is 2.23. The molecule has 172 valence electrons. The zero-order chi connectivity index (χ0) is 22.8. The number of rotatable bonds is 6. The van der Waals surface area contributed by atoms with E-state index in [9.17, 15) is 14.0 Å². The lowest BCUT2D eigenvalue weighted by atomic mass is 10.1. The van der Waals surface area contributed by atoms with Gasteiger partial charge in [-0.1, -0.05) is 0 Å². The lowest BCUT2D eigenvalue weighted by molar-refractivity contribution is -0.118. The molecule has 2 N–H and O–H groups in total. The Balaban J connectivity index is 1.13. The van der Waals surface area contributed by atoms with Crippen LogP contribution in [0.25, 0.3) is 10.9 Å². The first-order valence-electron chi connectivity index (χ1n) is 11.1. The van der Waals surface area contributed by atoms with Crippen molar-refractivity contribution in [2.75, 3.05) is 31.6 Å². The van der Waals surface area contributed by atoms with E-state index in [1.807, 2.05) is 0 Å². The van der Waals surface area contributed by atoms with Crippen LogP contribution in [0.15, 0.2) is 41.3 Å². The van der Waals surface area contributed by atoms with Crippen molar-refractivity contribution < 1.29 is 13.9 Å². The molecule has 0 bridgehead atoms. The highest BCUT2D eigenvalue weighted by atomic mass is 19.1. The summed E-state index contributed by atoms with van der Waals surface area (Å²) in [6.07, 6.45) is 3.51. The number of aromatic nitrogens is 3. The molecule has 0 unspecified atom stereocenters. The Morgan fingerprint density at radius 3 is 2.82 bits per heavy atom. The Morgan fingerprint density at radius 2 is 1.97 bits per heavy atom. The molecule has 3 aromatic rings. The molecule has 2 aliphatic heterocycles. The van der Waals surface area contributed by atoms with Gasteiger partial charge in [0.15, 0.2) is 18.2 Å². The van der Waals surface area contributed by atoms with Gasteiger partial charge in [-0.2, -0.15) is 0 Å². The molecule has 9 nitrogen and oxygen atoms in total. The van der Waals surface area contributed by atoms with E-state index in [-0.39, 0.29) is 23.9 Å². The molecule has 1 aromatic carbocycles. The van der Waals surface area contributed by atoms with Gasteiger partial charge < -0.3 is 24.8 Å². The van der Waals surface area contributed by atoms with Gasteiger partial charge in [0, 0.05) is 25.2 Å². The third-order valence-electron chi connectivity index (χ3n) is 6.15. The summed E-state index contributed by atoms with van der Waals surface area (Å²) in [6.45, 7) is 3.55. The summed E-state index contributed by atoms with van der Waals surface area (Å²) in [5, 5.41) is 7.04. The van der Waals surface area contributed by atoms with Crippen molar-refractivity contribution in [1.82, 2.24) is 24.8 Å². The van der Waals surface area contributed by atoms with Gasteiger partial charge in [-0.25, -0.2) is 14.4 Å². The molecule has 0 atom stereocenters. The van der Waals surface area contributed by atoms with Crippen LogP contribution in [0.4, 0.5) is 10.2 Å². The first-order chi connectivity index (χ1) is 16.0. The number of fused-ring (bicyclic) bond motifs is 2. The van der Waals surface area contributed by atoms with Crippen LogP contribution in [-0.4, -0.2) is 57.6 Å². The predicted octanol–water partition coefficient (Wildman–Crippen LogP) is 1.52. The fourth-order valence-corrected chi connectivity index (χ4v) is 4.33. The number of nitrogens with one attached hydrogen (secondary N) is 2. The van der Waals surface area contributed by atoms with Crippen LogP contribution in [0.3, 0.4) is 0 Å². The van der Waals surface area contributed by atoms with Crippen molar-refractivity contribution in [3.05, 3.63) is 58.5 Å². The van der Waals surface area contributed by atoms with Gasteiger partial charge in [-0.15, -0.1) is 0 Å². The molecule has 0 aliphatic carbocycles. The van der Waals surface area contributed by atoms with E-state index in [1.54, 1.807) is 22.9 Å². The van der Waals surface area contributed by atoms with Crippen LogP contribution < -0.4 is 20.9 Å². The summed E-state index contributed by atoms with van der Waals surface area (Å²) in [5.41, 5.74) is 0.516. The molecule has 1 fully saturated rings. The van der Waals surface area contributed by atoms with Gasteiger partial charge in [-0.3, -0.25) is 9.59 Å². The van der Waals surface area contributed by atoms with Crippen LogP contribution in [0.5, 0.6) is 5.75 Å². The van der Waals surface area contributed by atoms with Crippen molar-refractivity contribution in [3.63, 3.8) is 0 Å². The third kappa shape index (κ3) is 4.86. The van der Waals surface area contributed by atoms with Gasteiger partial charge in [0.1, 0.15) is 11.6 Å². The van der Waals surface area contributed by atoms with E-state index < -0.39 is 0 Å². The number of hydrogen-bond donors (Lipinski definition) is 2. The number of carbonyl (C=O) groups is 1. The molecule has 1 amide bonds. The van der Waals surface area contributed by atoms with Crippen LogP contribution in [-0.2, 0) is 17.9 Å². The van der Waals surface area contributed by atoms with Crippen LogP contribution in [0.2, 0.25) is 0 Å². The molecule has 1 saturated heterocycles. The molecule has 0 saturated carbocycles. The minimum atomic E-state index is -0.341. The standard InChI is InChI=1S/C23H25FN6O3/c24-16-3-1-15-2-4-22(32)30(18(15)11-16)10-9-29-7-5-17(6-8-29)25-13-20-26-12-19-23(27-20)28-21(31)14-33-19/h1-4,11-12,17,25H,5-10,13-14H2,(H,26,27,28,31). The average Bonchev–Trinajstić information content (AvgIpc) is 2.82. The maximum Gasteiger partial charge on any atom is 0.263 e. The first-order valence-corrected chi connectivity index (χ1v) is 11.1. The Kier molecular flexibility index (Phi) is 6.01. The number of ether oxygens (including phenoxy) is 1. The number of benzene rings is 1. The number of halogens is 1. The highest BCUT2D eigenvalue weighted by Gasteiger charge is 2.21. The van der Waals surface area contributed by atoms with E-state index in [0.29, 0.717) is 42.0 Å². The lowest BCUT2D eigenvalue weighted by Crippen LogP contribution is -2.43. The summed E-state index contributed by atoms with van der Waals surface area (Å²) in [6, 6.07) is 8.14. The number of pyridine rings is 1. The van der Waals surface area contributed by atoms with E-state index in [1.165, 1.54) is 18.2 Å². The Bertz CT molecular complexity index is 1240. The predicted molar refractivity (Wildman–Crippen MR) is 121 cm³/mol. The van der Waals surface area contributed by atoms with Gasteiger partial charge in [0.05, 0.1) is 18.3 Å². The van der Waals surface area contributed by atoms with Crippen molar-refractivity contribution in [2.24, 2.45) is 0 Å². The maximum absolute atomic E-state index is 13.7. The van der Waals surface area contributed by atoms with Crippen molar-refractivity contribution >= 4 is 22.6 Å². The normalized spacial score (nSPS) is 16.9. The van der Waals surface area contributed by atoms with Gasteiger partial charge in [0.2, 0.25) is 0 Å². The molecule has 2 aliphatic rings.